The molecule has 0 radical (unpaired) electrons. The predicted molar refractivity (Wildman–Crippen MR) is 91.5 cm³/mol. The average molecular weight is 327 g/mol. The lowest BCUT2D eigenvalue weighted by atomic mass is 10.1. The third-order valence-corrected chi connectivity index (χ3v) is 4.18. The quantitative estimate of drug-likeness (QED) is 0.874. The minimum Gasteiger partial charge on any atom is -0.494 e. The molecule has 1 aromatic rings. The van der Waals surface area contributed by atoms with Gasteiger partial charge in [0.05, 0.1) is 6.61 Å². The Balaban J connectivity index is 0.00000242. The van der Waals surface area contributed by atoms with Crippen LogP contribution in [-0.4, -0.2) is 36.5 Å². The van der Waals surface area contributed by atoms with Gasteiger partial charge in [-0.15, -0.1) is 12.4 Å². The van der Waals surface area contributed by atoms with E-state index in [2.05, 4.69) is 6.92 Å². The number of amides is 1. The maximum absolute atomic E-state index is 12.3. The van der Waals surface area contributed by atoms with Gasteiger partial charge in [0.2, 0.25) is 5.91 Å². The van der Waals surface area contributed by atoms with Crippen molar-refractivity contribution in [3.05, 3.63) is 29.8 Å². The van der Waals surface area contributed by atoms with Gasteiger partial charge in [-0.25, -0.2) is 0 Å². The molecule has 1 aromatic carbocycles. The van der Waals surface area contributed by atoms with Crippen LogP contribution in [-0.2, 0) is 11.2 Å². The first kappa shape index (κ1) is 18.8. The number of rotatable bonds is 6. The maximum Gasteiger partial charge on any atom is 0.223 e. The van der Waals surface area contributed by atoms with Crippen molar-refractivity contribution in [3.8, 4) is 5.75 Å². The molecular formula is C17H27ClN2O2. The van der Waals surface area contributed by atoms with Gasteiger partial charge in [-0.05, 0) is 56.8 Å². The first-order valence-electron chi connectivity index (χ1n) is 7.85. The average Bonchev–Trinajstić information content (AvgIpc) is 2.88. The maximum atomic E-state index is 12.3. The van der Waals surface area contributed by atoms with Gasteiger partial charge in [-0.3, -0.25) is 4.79 Å². The second-order valence-corrected chi connectivity index (χ2v) is 5.81. The SMILES string of the molecule is CCOc1ccc(CCC(=O)N2CC(CN)CC2C)cc1.Cl. The van der Waals surface area contributed by atoms with Gasteiger partial charge in [0.1, 0.15) is 5.75 Å². The highest BCUT2D eigenvalue weighted by Crippen LogP contribution is 2.23. The van der Waals surface area contributed by atoms with Crippen LogP contribution in [0.25, 0.3) is 0 Å². The van der Waals surface area contributed by atoms with Gasteiger partial charge >= 0.3 is 0 Å². The Morgan fingerprint density at radius 2 is 2.05 bits per heavy atom. The summed E-state index contributed by atoms with van der Waals surface area (Å²) in [7, 11) is 0. The highest BCUT2D eigenvalue weighted by molar-refractivity contribution is 5.85. The number of likely N-dealkylation sites (tertiary alicyclic amines) is 1. The summed E-state index contributed by atoms with van der Waals surface area (Å²) in [4.78, 5) is 14.3. The van der Waals surface area contributed by atoms with E-state index in [9.17, 15) is 4.79 Å². The van der Waals surface area contributed by atoms with Crippen LogP contribution >= 0.6 is 12.4 Å². The molecule has 4 nitrogen and oxygen atoms in total. The van der Waals surface area contributed by atoms with Crippen molar-refractivity contribution in [2.75, 3.05) is 19.7 Å². The van der Waals surface area contributed by atoms with Crippen LogP contribution in [0.2, 0.25) is 0 Å². The van der Waals surface area contributed by atoms with Crippen LogP contribution < -0.4 is 10.5 Å². The molecule has 0 aliphatic carbocycles. The Bertz CT molecular complexity index is 464. The smallest absolute Gasteiger partial charge is 0.223 e. The second-order valence-electron chi connectivity index (χ2n) is 5.81. The Labute approximate surface area is 139 Å². The number of carbonyl (C=O) groups excluding carboxylic acids is 1. The fraction of sp³-hybridized carbons (Fsp3) is 0.588. The monoisotopic (exact) mass is 326 g/mol. The van der Waals surface area contributed by atoms with Crippen molar-refractivity contribution in [1.29, 1.82) is 0 Å². The summed E-state index contributed by atoms with van der Waals surface area (Å²) in [6.45, 7) is 6.25. The van der Waals surface area contributed by atoms with E-state index in [1.807, 2.05) is 36.1 Å². The van der Waals surface area contributed by atoms with Crippen molar-refractivity contribution in [2.45, 2.75) is 39.2 Å². The zero-order chi connectivity index (χ0) is 15.2. The standard InChI is InChI=1S/C17H26N2O2.ClH/c1-3-21-16-7-4-14(5-8-16)6-9-17(20)19-12-15(11-18)10-13(19)2;/h4-5,7-8,13,15H,3,6,9-12,18H2,1-2H3;1H. The van der Waals surface area contributed by atoms with Gasteiger partial charge in [-0.1, -0.05) is 12.1 Å². The fourth-order valence-electron chi connectivity index (χ4n) is 2.97. The number of ether oxygens (including phenoxy) is 1. The van der Waals surface area contributed by atoms with Crippen LogP contribution in [0.5, 0.6) is 5.75 Å². The van der Waals surface area contributed by atoms with E-state index in [-0.39, 0.29) is 18.3 Å². The Kier molecular flexibility index (Phi) is 7.69. The topological polar surface area (TPSA) is 55.6 Å². The third kappa shape index (κ3) is 4.89. The Morgan fingerprint density at radius 1 is 1.36 bits per heavy atom. The third-order valence-electron chi connectivity index (χ3n) is 4.18. The summed E-state index contributed by atoms with van der Waals surface area (Å²) >= 11 is 0. The lowest BCUT2D eigenvalue weighted by Gasteiger charge is -2.21. The molecule has 0 bridgehead atoms. The number of nitrogens with two attached hydrogens (primary N) is 1. The molecule has 5 heteroatoms. The van der Waals surface area contributed by atoms with E-state index < -0.39 is 0 Å². The number of aryl methyl sites for hydroxylation is 1. The van der Waals surface area contributed by atoms with Crippen LogP contribution in [0.15, 0.2) is 24.3 Å². The van der Waals surface area contributed by atoms with E-state index in [1.165, 1.54) is 5.56 Å². The van der Waals surface area contributed by atoms with Gasteiger partial charge in [-0.2, -0.15) is 0 Å². The zero-order valence-corrected chi connectivity index (χ0v) is 14.3. The van der Waals surface area contributed by atoms with Crippen molar-refractivity contribution in [1.82, 2.24) is 4.90 Å². The molecule has 0 aromatic heterocycles. The number of nitrogens with zero attached hydrogens (tertiary/aromatic N) is 1. The molecule has 124 valence electrons. The molecule has 2 atom stereocenters. The molecule has 1 amide bonds. The van der Waals surface area contributed by atoms with E-state index in [1.54, 1.807) is 0 Å². The van der Waals surface area contributed by atoms with Gasteiger partial charge in [0, 0.05) is 19.0 Å². The van der Waals surface area contributed by atoms with Crippen LogP contribution in [0.4, 0.5) is 0 Å². The molecule has 1 aliphatic rings. The van der Waals surface area contributed by atoms with Crippen molar-refractivity contribution >= 4 is 18.3 Å². The Morgan fingerprint density at radius 3 is 2.59 bits per heavy atom. The molecule has 0 spiro atoms. The van der Waals surface area contributed by atoms with Crippen LogP contribution in [0.1, 0.15) is 32.3 Å². The summed E-state index contributed by atoms with van der Waals surface area (Å²) in [5, 5.41) is 0. The summed E-state index contributed by atoms with van der Waals surface area (Å²) in [5.41, 5.74) is 6.89. The van der Waals surface area contributed by atoms with E-state index >= 15 is 0 Å². The van der Waals surface area contributed by atoms with Crippen LogP contribution in [0.3, 0.4) is 0 Å². The Hall–Kier alpha value is -1.26. The summed E-state index contributed by atoms with van der Waals surface area (Å²) < 4.78 is 5.42. The summed E-state index contributed by atoms with van der Waals surface area (Å²) in [5.74, 6) is 1.59. The molecule has 1 saturated heterocycles. The molecule has 0 saturated carbocycles. The minimum absolute atomic E-state index is 0. The lowest BCUT2D eigenvalue weighted by Crippen LogP contribution is -2.34. The molecule has 2 N–H and O–H groups in total. The fourth-order valence-corrected chi connectivity index (χ4v) is 2.97. The van der Waals surface area contributed by atoms with Gasteiger partial charge < -0.3 is 15.4 Å². The highest BCUT2D eigenvalue weighted by Gasteiger charge is 2.30. The molecule has 2 unspecified atom stereocenters. The van der Waals surface area contributed by atoms with E-state index in [4.69, 9.17) is 10.5 Å². The van der Waals surface area contributed by atoms with Crippen molar-refractivity contribution < 1.29 is 9.53 Å². The van der Waals surface area contributed by atoms with Gasteiger partial charge in [0.15, 0.2) is 0 Å². The van der Waals surface area contributed by atoms with Crippen molar-refractivity contribution in [3.63, 3.8) is 0 Å². The number of halogens is 1. The zero-order valence-electron chi connectivity index (χ0n) is 13.5. The second kappa shape index (κ2) is 9.01. The first-order chi connectivity index (χ1) is 10.1. The molecule has 1 aliphatic heterocycles. The molecule has 1 heterocycles. The largest absolute Gasteiger partial charge is 0.494 e. The summed E-state index contributed by atoms with van der Waals surface area (Å²) in [6.07, 6.45) is 2.38. The minimum atomic E-state index is 0. The summed E-state index contributed by atoms with van der Waals surface area (Å²) in [6, 6.07) is 8.33. The van der Waals surface area contributed by atoms with Gasteiger partial charge in [0.25, 0.3) is 0 Å². The number of hydrogen-bond acceptors (Lipinski definition) is 3. The molecule has 22 heavy (non-hydrogen) atoms. The number of benzene rings is 1. The van der Waals surface area contributed by atoms with Crippen molar-refractivity contribution in [2.24, 2.45) is 11.7 Å². The van der Waals surface area contributed by atoms with E-state index in [0.717, 1.165) is 25.1 Å². The normalized spacial score (nSPS) is 20.6. The molecule has 2 rings (SSSR count). The van der Waals surface area contributed by atoms with Crippen LogP contribution in [0, 0.1) is 5.92 Å². The first-order valence-corrected chi connectivity index (χ1v) is 7.85. The lowest BCUT2D eigenvalue weighted by molar-refractivity contribution is -0.131. The predicted octanol–water partition coefficient (Wildman–Crippen LogP) is 2.64. The number of carbonyl (C=O) groups is 1. The van der Waals surface area contributed by atoms with E-state index in [0.29, 0.717) is 31.5 Å². The molecular weight excluding hydrogens is 300 g/mol. The molecule has 1 fully saturated rings. The number of hydrogen-bond donors (Lipinski definition) is 1. The highest BCUT2D eigenvalue weighted by atomic mass is 35.5.